The molecule has 5 rings (SSSR count). The maximum Gasteiger partial charge on any atom is 0.324 e. The van der Waals surface area contributed by atoms with Crippen molar-refractivity contribution in [3.05, 3.63) is 82.1 Å². The van der Waals surface area contributed by atoms with Crippen LogP contribution < -0.4 is 10.5 Å². The van der Waals surface area contributed by atoms with Crippen LogP contribution in [-0.4, -0.2) is 95.8 Å². The summed E-state index contributed by atoms with van der Waals surface area (Å²) in [6.07, 6.45) is 1.11. The summed E-state index contributed by atoms with van der Waals surface area (Å²) >= 11 is 0. The van der Waals surface area contributed by atoms with Crippen LogP contribution in [0.15, 0.2) is 63.9 Å². The van der Waals surface area contributed by atoms with E-state index in [1.807, 2.05) is 24.3 Å². The normalized spacial score (nSPS) is 14.0. The maximum atomic E-state index is 13.7. The average molecular weight is 594 g/mol. The van der Waals surface area contributed by atoms with Gasteiger partial charge in [0.25, 0.3) is 5.56 Å². The minimum Gasteiger partial charge on any atom is -0.379 e. The van der Waals surface area contributed by atoms with Crippen molar-refractivity contribution in [1.29, 1.82) is 0 Å². The van der Waals surface area contributed by atoms with E-state index in [9.17, 15) is 13.6 Å². The van der Waals surface area contributed by atoms with Crippen molar-refractivity contribution >= 4 is 6.01 Å². The van der Waals surface area contributed by atoms with Crippen molar-refractivity contribution in [2.75, 3.05) is 71.0 Å². The Morgan fingerprint density at radius 2 is 1.74 bits per heavy atom. The van der Waals surface area contributed by atoms with E-state index in [1.165, 1.54) is 28.9 Å². The molecule has 2 aromatic carbocycles. The van der Waals surface area contributed by atoms with Gasteiger partial charge in [-0.15, -0.1) is 0 Å². The van der Waals surface area contributed by atoms with E-state index in [1.54, 1.807) is 0 Å². The Kier molecular flexibility index (Phi) is 10.2. The minimum absolute atomic E-state index is 0.155. The molecule has 1 saturated heterocycles. The van der Waals surface area contributed by atoms with E-state index < -0.39 is 11.6 Å². The smallest absolute Gasteiger partial charge is 0.324 e. The number of aromatic nitrogens is 4. The first-order valence-electron chi connectivity index (χ1n) is 14.6. The monoisotopic (exact) mass is 593 g/mol. The van der Waals surface area contributed by atoms with Crippen molar-refractivity contribution in [3.8, 4) is 22.6 Å². The molecule has 0 atom stereocenters. The van der Waals surface area contributed by atoms with Gasteiger partial charge in [0, 0.05) is 56.0 Å². The van der Waals surface area contributed by atoms with E-state index >= 15 is 0 Å². The highest BCUT2D eigenvalue weighted by atomic mass is 19.1. The average Bonchev–Trinajstić information content (AvgIpc) is 3.49. The number of rotatable bonds is 13. The summed E-state index contributed by atoms with van der Waals surface area (Å²) in [5, 5.41) is 8.55. The van der Waals surface area contributed by atoms with Crippen LogP contribution in [0.5, 0.6) is 0 Å². The van der Waals surface area contributed by atoms with Gasteiger partial charge in [0.2, 0.25) is 5.82 Å². The van der Waals surface area contributed by atoms with Crippen LogP contribution in [0.2, 0.25) is 0 Å². The lowest BCUT2D eigenvalue weighted by Gasteiger charge is -2.27. The lowest BCUT2D eigenvalue weighted by molar-refractivity contribution is 0.0364. The summed E-state index contributed by atoms with van der Waals surface area (Å²) in [5.41, 5.74) is 1.73. The Morgan fingerprint density at radius 1 is 0.953 bits per heavy atom. The summed E-state index contributed by atoms with van der Waals surface area (Å²) < 4.78 is 39.8. The maximum absolute atomic E-state index is 13.7. The molecule has 0 saturated carbocycles. The summed E-state index contributed by atoms with van der Waals surface area (Å²) in [6.45, 7) is 10.3. The lowest BCUT2D eigenvalue weighted by atomic mass is 10.1. The molecule has 10 nitrogen and oxygen atoms in total. The van der Waals surface area contributed by atoms with E-state index in [4.69, 9.17) is 9.26 Å². The SMILES string of the molecule is CCN(CCN(C)CCCN1CCOCC1)c1nc(-c2cccc(Cn3nc(-c4cc(F)cc(F)c4)ccc3=O)c2)no1. The number of anilines is 1. The van der Waals surface area contributed by atoms with E-state index in [0.29, 0.717) is 17.5 Å². The number of hydrogen-bond acceptors (Lipinski definition) is 9. The molecule has 4 aromatic rings. The number of nitrogens with zero attached hydrogens (tertiary/aromatic N) is 7. The van der Waals surface area contributed by atoms with E-state index in [-0.39, 0.29) is 17.7 Å². The number of likely N-dealkylation sites (N-methyl/N-ethyl adjacent to an activating group) is 2. The summed E-state index contributed by atoms with van der Waals surface area (Å²) in [5.74, 6) is -0.983. The second-order valence-electron chi connectivity index (χ2n) is 10.7. The predicted octanol–water partition coefficient (Wildman–Crippen LogP) is 3.77. The topological polar surface area (TPSA) is 92.8 Å². The zero-order chi connectivity index (χ0) is 30.2. The molecule has 3 heterocycles. The standard InChI is InChI=1S/C31H37F2N7O3/c1-3-39(13-12-37(2)10-5-11-38-14-16-42-17-15-38)31-34-30(36-43-31)24-7-4-6-23(18-24)22-40-29(41)9-8-28(35-40)25-19-26(32)21-27(33)20-25/h4,6-9,18-21H,3,5,10-17,22H2,1-2H3. The van der Waals surface area contributed by atoms with Gasteiger partial charge in [0.1, 0.15) is 11.6 Å². The van der Waals surface area contributed by atoms with Gasteiger partial charge in [-0.2, -0.15) is 10.1 Å². The fourth-order valence-electron chi connectivity index (χ4n) is 5.04. The van der Waals surface area contributed by atoms with Gasteiger partial charge in [0.05, 0.1) is 25.5 Å². The molecule has 43 heavy (non-hydrogen) atoms. The third-order valence-corrected chi connectivity index (χ3v) is 7.48. The highest BCUT2D eigenvalue weighted by Gasteiger charge is 2.16. The molecule has 2 aromatic heterocycles. The third kappa shape index (κ3) is 8.31. The Morgan fingerprint density at radius 3 is 2.51 bits per heavy atom. The van der Waals surface area contributed by atoms with Crippen molar-refractivity contribution < 1.29 is 18.0 Å². The molecule has 0 N–H and O–H groups in total. The molecule has 0 aliphatic carbocycles. The largest absolute Gasteiger partial charge is 0.379 e. The van der Waals surface area contributed by atoms with Crippen LogP contribution in [0.4, 0.5) is 14.8 Å². The fourth-order valence-corrected chi connectivity index (χ4v) is 5.04. The van der Waals surface area contributed by atoms with Crippen LogP contribution in [0.25, 0.3) is 22.6 Å². The van der Waals surface area contributed by atoms with Gasteiger partial charge in [-0.1, -0.05) is 23.4 Å². The molecule has 1 aliphatic heterocycles. The quantitative estimate of drug-likeness (QED) is 0.230. The van der Waals surface area contributed by atoms with Crippen LogP contribution >= 0.6 is 0 Å². The van der Waals surface area contributed by atoms with Crippen LogP contribution in [0.1, 0.15) is 18.9 Å². The Hall–Kier alpha value is -4.00. The highest BCUT2D eigenvalue weighted by molar-refractivity contribution is 5.59. The first-order chi connectivity index (χ1) is 20.9. The van der Waals surface area contributed by atoms with Gasteiger partial charge < -0.3 is 19.1 Å². The molecule has 1 aliphatic rings. The van der Waals surface area contributed by atoms with Gasteiger partial charge >= 0.3 is 6.01 Å². The van der Waals surface area contributed by atoms with Crippen molar-refractivity contribution in [2.24, 2.45) is 0 Å². The fraction of sp³-hybridized carbons (Fsp3) is 0.419. The van der Waals surface area contributed by atoms with Crippen LogP contribution in [-0.2, 0) is 11.3 Å². The molecule has 12 heteroatoms. The molecule has 0 unspecified atom stereocenters. The van der Waals surface area contributed by atoms with Crippen molar-refractivity contribution in [1.82, 2.24) is 29.7 Å². The van der Waals surface area contributed by atoms with Crippen LogP contribution in [0.3, 0.4) is 0 Å². The molecular formula is C31H37F2N7O3. The first-order valence-corrected chi connectivity index (χ1v) is 14.6. The van der Waals surface area contributed by atoms with Gasteiger partial charge in [-0.05, 0) is 63.3 Å². The molecule has 0 spiro atoms. The molecule has 228 valence electrons. The first kappa shape index (κ1) is 30.5. The second kappa shape index (κ2) is 14.5. The zero-order valence-electron chi connectivity index (χ0n) is 24.6. The number of halogens is 2. The second-order valence-corrected chi connectivity index (χ2v) is 10.7. The molecule has 0 radical (unpaired) electrons. The Balaban J connectivity index is 1.20. The van der Waals surface area contributed by atoms with E-state index in [2.05, 4.69) is 43.9 Å². The predicted molar refractivity (Wildman–Crippen MR) is 160 cm³/mol. The number of ether oxygens (including phenoxy) is 1. The van der Waals surface area contributed by atoms with Gasteiger partial charge in [-0.3, -0.25) is 9.69 Å². The van der Waals surface area contributed by atoms with Gasteiger partial charge in [0.15, 0.2) is 0 Å². The van der Waals surface area contributed by atoms with Crippen molar-refractivity contribution in [3.63, 3.8) is 0 Å². The van der Waals surface area contributed by atoms with Crippen LogP contribution in [0, 0.1) is 11.6 Å². The Bertz CT molecular complexity index is 1530. The number of benzene rings is 2. The van der Waals surface area contributed by atoms with E-state index in [0.717, 1.165) is 82.6 Å². The highest BCUT2D eigenvalue weighted by Crippen LogP contribution is 2.22. The summed E-state index contributed by atoms with van der Waals surface area (Å²) in [4.78, 5) is 24.0. The molecular weight excluding hydrogens is 556 g/mol. The van der Waals surface area contributed by atoms with Crippen molar-refractivity contribution in [2.45, 2.75) is 19.9 Å². The lowest BCUT2D eigenvalue weighted by Crippen LogP contribution is -2.38. The molecule has 0 amide bonds. The summed E-state index contributed by atoms with van der Waals surface area (Å²) in [6, 6.07) is 13.8. The number of hydrogen-bond donors (Lipinski definition) is 0. The zero-order valence-corrected chi connectivity index (χ0v) is 24.6. The third-order valence-electron chi connectivity index (χ3n) is 7.48. The molecule has 0 bridgehead atoms. The van der Waals surface area contributed by atoms with Gasteiger partial charge in [-0.25, -0.2) is 13.5 Å². The molecule has 1 fully saturated rings. The number of morpholine rings is 1. The summed E-state index contributed by atoms with van der Waals surface area (Å²) in [7, 11) is 2.13. The Labute approximate surface area is 249 Å². The minimum atomic E-state index is -0.713.